The second kappa shape index (κ2) is 10.3. The minimum atomic E-state index is -0.631. The zero-order chi connectivity index (χ0) is 27.4. The van der Waals surface area contributed by atoms with E-state index in [0.717, 1.165) is 56.7 Å². The van der Waals surface area contributed by atoms with Crippen molar-refractivity contribution in [2.75, 3.05) is 20.8 Å². The molecule has 216 valence electrons. The Morgan fingerprint density at radius 2 is 1.54 bits per heavy atom. The monoisotopic (exact) mass is 522 g/mol. The Hall–Kier alpha value is -0.200. The quantitative estimate of drug-likeness (QED) is 0.425. The predicted molar refractivity (Wildman–Crippen MR) is 148 cm³/mol. The number of hydrogen-bond acceptors (Lipinski definition) is 5. The minimum absolute atomic E-state index is 0.0879. The van der Waals surface area contributed by atoms with Crippen LogP contribution < -0.4 is 0 Å². The molecule has 1 aliphatic heterocycles. The van der Waals surface area contributed by atoms with Gasteiger partial charge in [-0.1, -0.05) is 20.8 Å². The minimum Gasteiger partial charge on any atom is -0.400 e. The largest absolute Gasteiger partial charge is 0.400 e. The summed E-state index contributed by atoms with van der Waals surface area (Å²) in [5, 5.41) is 28.1. The summed E-state index contributed by atoms with van der Waals surface area (Å²) in [5.74, 6) is 3.16. The van der Waals surface area contributed by atoms with E-state index in [9.17, 15) is 10.2 Å². The van der Waals surface area contributed by atoms with Crippen molar-refractivity contribution in [3.8, 4) is 0 Å². The first kappa shape index (κ1) is 29.8. The average molecular weight is 523 g/mol. The number of rotatable bonds is 3. The fraction of sp³-hybridized carbons (Fsp3) is 1.00. The molecule has 10 atom stereocenters. The van der Waals surface area contributed by atoms with E-state index in [2.05, 4.69) is 25.5 Å². The van der Waals surface area contributed by atoms with E-state index in [-0.39, 0.29) is 17.6 Å². The first-order valence-corrected chi connectivity index (χ1v) is 15.3. The topological polar surface area (TPSA) is 79.2 Å². The van der Waals surface area contributed by atoms with Crippen molar-refractivity contribution >= 4 is 0 Å². The van der Waals surface area contributed by atoms with E-state index < -0.39 is 5.60 Å². The number of methoxy groups -OCH3 is 1. The SMILES string of the molecule is CC(C)(O)CC1CCC2C(CC3C4CCC5C(C)(C)[C@@H](O)CC[C@@]56C[C@@]46CC[C@]23C)O1.CCOC.CO. The molecule has 0 aromatic rings. The van der Waals surface area contributed by atoms with Crippen molar-refractivity contribution in [3.05, 3.63) is 0 Å². The van der Waals surface area contributed by atoms with Gasteiger partial charge in [0.15, 0.2) is 0 Å². The molecule has 0 aromatic carbocycles. The van der Waals surface area contributed by atoms with Gasteiger partial charge < -0.3 is 24.8 Å². The standard InChI is InChI=1S/C28H46O3.C3H8O.CH4O/c1-24(2,30)15-17-6-7-19-21(31-17)14-20-18-8-9-22-25(3,4)23(29)10-11-28(22)16-27(18,28)13-12-26(19,20)5;1-3-4-2;1-2/h17-23,29-30H,6-16H2,1-5H3;3H2,1-2H3;2H,1H3/t17?,18?,19?,20?,21?,22?,23-,26+,27-,28+;;/m0../s1. The Labute approximate surface area is 227 Å². The van der Waals surface area contributed by atoms with Gasteiger partial charge in [0.2, 0.25) is 0 Å². The first-order chi connectivity index (χ1) is 17.3. The van der Waals surface area contributed by atoms with Gasteiger partial charge in [-0.05, 0) is 130 Å². The van der Waals surface area contributed by atoms with Gasteiger partial charge in [-0.15, -0.1) is 0 Å². The highest BCUT2D eigenvalue weighted by molar-refractivity contribution is 5.29. The third-order valence-electron chi connectivity index (χ3n) is 12.7. The molecule has 5 aliphatic carbocycles. The Kier molecular flexibility index (Phi) is 8.31. The molecule has 1 saturated heterocycles. The molecule has 3 N–H and O–H groups in total. The smallest absolute Gasteiger partial charge is 0.0616 e. The Morgan fingerprint density at radius 3 is 2.16 bits per heavy atom. The van der Waals surface area contributed by atoms with Crippen molar-refractivity contribution < 1.29 is 24.8 Å². The zero-order valence-electron chi connectivity index (χ0n) is 25.2. The average Bonchev–Trinajstić information content (AvgIpc) is 3.43. The molecule has 6 aliphatic rings. The van der Waals surface area contributed by atoms with Crippen molar-refractivity contribution in [3.63, 3.8) is 0 Å². The van der Waals surface area contributed by atoms with Crippen LogP contribution in [0.4, 0.5) is 0 Å². The van der Waals surface area contributed by atoms with E-state index in [0.29, 0.717) is 22.3 Å². The van der Waals surface area contributed by atoms with Gasteiger partial charge in [-0.2, -0.15) is 0 Å². The summed E-state index contributed by atoms with van der Waals surface area (Å²) in [7, 11) is 2.68. The highest BCUT2D eigenvalue weighted by Gasteiger charge is 2.80. The maximum Gasteiger partial charge on any atom is 0.0616 e. The van der Waals surface area contributed by atoms with Crippen LogP contribution in [0.2, 0.25) is 0 Å². The van der Waals surface area contributed by atoms with Gasteiger partial charge in [0.1, 0.15) is 0 Å². The fourth-order valence-electron chi connectivity index (χ4n) is 11.0. The molecule has 2 spiro atoms. The van der Waals surface area contributed by atoms with Crippen LogP contribution in [0.3, 0.4) is 0 Å². The van der Waals surface area contributed by atoms with Gasteiger partial charge in [0.25, 0.3) is 0 Å². The zero-order valence-corrected chi connectivity index (χ0v) is 25.2. The lowest BCUT2D eigenvalue weighted by molar-refractivity contribution is -0.137. The van der Waals surface area contributed by atoms with E-state index in [1.165, 1.54) is 51.4 Å². The maximum absolute atomic E-state index is 10.8. The van der Waals surface area contributed by atoms with Crippen molar-refractivity contribution in [2.24, 2.45) is 45.3 Å². The van der Waals surface area contributed by atoms with Gasteiger partial charge in [-0.3, -0.25) is 0 Å². The molecule has 0 radical (unpaired) electrons. The van der Waals surface area contributed by atoms with Crippen LogP contribution in [-0.4, -0.2) is 60.1 Å². The third-order valence-corrected chi connectivity index (χ3v) is 12.7. The second-order valence-corrected chi connectivity index (χ2v) is 15.0. The van der Waals surface area contributed by atoms with Crippen molar-refractivity contribution in [2.45, 2.75) is 136 Å². The summed E-state index contributed by atoms with van der Waals surface area (Å²) in [6, 6.07) is 0. The van der Waals surface area contributed by atoms with Crippen molar-refractivity contribution in [1.82, 2.24) is 0 Å². The molecule has 6 rings (SSSR count). The summed E-state index contributed by atoms with van der Waals surface area (Å²) in [5.41, 5.74) is 1.04. The second-order valence-electron chi connectivity index (χ2n) is 15.0. The van der Waals surface area contributed by atoms with Crippen LogP contribution >= 0.6 is 0 Å². The molecule has 0 aromatic heterocycles. The Balaban J connectivity index is 0.000000490. The number of fused-ring (bicyclic) bond motifs is 4. The summed E-state index contributed by atoms with van der Waals surface area (Å²) in [6.07, 6.45) is 14.3. The molecule has 6 unspecified atom stereocenters. The molecule has 5 nitrogen and oxygen atoms in total. The van der Waals surface area contributed by atoms with Gasteiger partial charge in [0, 0.05) is 27.2 Å². The number of hydrogen-bond donors (Lipinski definition) is 3. The van der Waals surface area contributed by atoms with Gasteiger partial charge in [-0.25, -0.2) is 0 Å². The molecular weight excluding hydrogens is 464 g/mol. The first-order valence-electron chi connectivity index (χ1n) is 15.3. The third kappa shape index (κ3) is 4.65. The van der Waals surface area contributed by atoms with E-state index in [1.54, 1.807) is 7.11 Å². The molecule has 1 heterocycles. The summed E-state index contributed by atoms with van der Waals surface area (Å²) in [6.45, 7) is 14.0. The van der Waals surface area contributed by atoms with Crippen LogP contribution in [-0.2, 0) is 9.47 Å². The van der Waals surface area contributed by atoms with Crippen LogP contribution in [0.5, 0.6) is 0 Å². The lowest BCUT2D eigenvalue weighted by Gasteiger charge is -2.59. The van der Waals surface area contributed by atoms with Gasteiger partial charge >= 0.3 is 0 Å². The van der Waals surface area contributed by atoms with Crippen LogP contribution in [0, 0.1) is 45.3 Å². The molecular formula is C32H58O5. The van der Waals surface area contributed by atoms with Crippen LogP contribution in [0.25, 0.3) is 0 Å². The molecule has 0 bridgehead atoms. The highest BCUT2D eigenvalue weighted by Crippen LogP contribution is 2.87. The highest BCUT2D eigenvalue weighted by atomic mass is 16.5. The lowest BCUT2D eigenvalue weighted by atomic mass is 9.46. The molecule has 5 saturated carbocycles. The van der Waals surface area contributed by atoms with Crippen LogP contribution in [0.15, 0.2) is 0 Å². The molecule has 5 heteroatoms. The Bertz CT molecular complexity index is 789. The maximum atomic E-state index is 10.8. The normalized spacial score (nSPS) is 48.9. The van der Waals surface area contributed by atoms with E-state index in [1.807, 2.05) is 20.8 Å². The molecule has 0 amide bonds. The predicted octanol–water partition coefficient (Wildman–Crippen LogP) is 5.98. The number of ether oxygens (including phenoxy) is 2. The summed E-state index contributed by atoms with van der Waals surface area (Å²) >= 11 is 0. The fourth-order valence-corrected chi connectivity index (χ4v) is 11.0. The van der Waals surface area contributed by atoms with Gasteiger partial charge in [0.05, 0.1) is 23.9 Å². The number of aliphatic hydroxyl groups excluding tert-OH is 2. The summed E-state index contributed by atoms with van der Waals surface area (Å²) in [4.78, 5) is 0. The summed E-state index contributed by atoms with van der Waals surface area (Å²) < 4.78 is 11.3. The number of aliphatic hydroxyl groups is 3. The molecule has 6 fully saturated rings. The van der Waals surface area contributed by atoms with Crippen molar-refractivity contribution in [1.29, 1.82) is 0 Å². The Morgan fingerprint density at radius 1 is 0.892 bits per heavy atom. The van der Waals surface area contributed by atoms with Crippen LogP contribution in [0.1, 0.15) is 112 Å². The lowest BCUT2D eigenvalue weighted by Crippen LogP contribution is -2.54. The van der Waals surface area contributed by atoms with E-state index >= 15 is 0 Å². The molecule has 37 heavy (non-hydrogen) atoms. The van der Waals surface area contributed by atoms with E-state index in [4.69, 9.17) is 9.84 Å².